The first-order chi connectivity index (χ1) is 10.7. The van der Waals surface area contributed by atoms with Crippen molar-refractivity contribution in [2.45, 2.75) is 12.2 Å². The summed E-state index contributed by atoms with van der Waals surface area (Å²) in [4.78, 5) is 36.1. The molecule has 0 bridgehead atoms. The molecule has 2 N–H and O–H groups in total. The number of alkyl halides is 2. The van der Waals surface area contributed by atoms with Gasteiger partial charge in [0.1, 0.15) is 0 Å². The Kier molecular flexibility index (Phi) is 3.13. The smallest absolute Gasteiger partial charge is 0.434 e. The summed E-state index contributed by atoms with van der Waals surface area (Å²) in [5.74, 6) is -2.58. The van der Waals surface area contributed by atoms with Crippen LogP contribution in [0.3, 0.4) is 0 Å². The maximum Gasteiger partial charge on any atom is 0.482 e. The molecule has 3 rings (SSSR count). The van der Waals surface area contributed by atoms with Crippen LogP contribution in [0.4, 0.5) is 25.0 Å². The van der Waals surface area contributed by atoms with Crippen LogP contribution in [0.1, 0.15) is 0 Å². The monoisotopic (exact) mass is 327 g/mol. The number of cyclic esters (lactones) is 1. The van der Waals surface area contributed by atoms with Gasteiger partial charge in [0, 0.05) is 13.1 Å². The summed E-state index contributed by atoms with van der Waals surface area (Å²) in [7, 11) is 1.19. The molecule has 0 aromatic heterocycles. The molecule has 1 saturated heterocycles. The van der Waals surface area contributed by atoms with E-state index in [1.54, 1.807) is 0 Å². The summed E-state index contributed by atoms with van der Waals surface area (Å²) in [5.41, 5.74) is 5.37. The zero-order chi connectivity index (χ0) is 16.9. The molecule has 2 aliphatic heterocycles. The normalized spacial score (nSPS) is 22.5. The van der Waals surface area contributed by atoms with E-state index >= 15 is 0 Å². The molecule has 1 atom stereocenters. The van der Waals surface area contributed by atoms with Crippen molar-refractivity contribution in [2.75, 3.05) is 23.4 Å². The fraction of sp³-hybridized carbons (Fsp3) is 0.308. The van der Waals surface area contributed by atoms with Crippen LogP contribution in [0.5, 0.6) is 5.75 Å². The van der Waals surface area contributed by atoms with Gasteiger partial charge in [0.05, 0.1) is 17.9 Å². The summed E-state index contributed by atoms with van der Waals surface area (Å²) in [6, 6.07) is 3.93. The minimum Gasteiger partial charge on any atom is -0.434 e. The molecule has 1 aromatic rings. The molecule has 0 saturated carbocycles. The van der Waals surface area contributed by atoms with E-state index in [0.717, 1.165) is 15.9 Å². The van der Waals surface area contributed by atoms with Crippen LogP contribution >= 0.6 is 0 Å². The summed E-state index contributed by atoms with van der Waals surface area (Å²) in [6.07, 6.45) is -5.95. The number of primary amides is 1. The average molecular weight is 327 g/mol. The van der Waals surface area contributed by atoms with Crippen molar-refractivity contribution in [3.05, 3.63) is 18.2 Å². The maximum atomic E-state index is 13.5. The minimum atomic E-state index is -4.00. The van der Waals surface area contributed by atoms with Gasteiger partial charge in [-0.05, 0) is 12.1 Å². The predicted molar refractivity (Wildman–Crippen MR) is 72.2 cm³/mol. The lowest BCUT2D eigenvalue weighted by atomic mass is 10.2. The first kappa shape index (κ1) is 15.0. The van der Waals surface area contributed by atoms with E-state index in [4.69, 9.17) is 10.5 Å². The Morgan fingerprint density at radius 3 is 2.70 bits per heavy atom. The second-order valence-electron chi connectivity index (χ2n) is 5.02. The van der Waals surface area contributed by atoms with Crippen LogP contribution in [-0.4, -0.2) is 43.7 Å². The Balaban J connectivity index is 1.95. The highest BCUT2D eigenvalue weighted by Gasteiger charge is 2.49. The van der Waals surface area contributed by atoms with Crippen molar-refractivity contribution < 1.29 is 32.6 Å². The number of carbonyl (C=O) groups excluding carboxylic acids is 3. The molecule has 2 heterocycles. The molecular formula is C13H11F2N3O5. The van der Waals surface area contributed by atoms with E-state index in [1.165, 1.54) is 19.2 Å². The molecule has 23 heavy (non-hydrogen) atoms. The molecule has 2 aliphatic rings. The third-order valence-electron chi connectivity index (χ3n) is 3.54. The summed E-state index contributed by atoms with van der Waals surface area (Å²) in [6.45, 7) is -0.141. The van der Waals surface area contributed by atoms with Gasteiger partial charge in [0.2, 0.25) is 0 Å². The van der Waals surface area contributed by atoms with E-state index in [-0.39, 0.29) is 23.7 Å². The quantitative estimate of drug-likeness (QED) is 0.849. The van der Waals surface area contributed by atoms with Crippen LogP contribution in [-0.2, 0) is 14.3 Å². The Morgan fingerprint density at radius 2 is 2.09 bits per heavy atom. The van der Waals surface area contributed by atoms with Crippen LogP contribution in [0.2, 0.25) is 0 Å². The number of fused-ring (bicyclic) bond motifs is 1. The number of likely N-dealkylation sites (N-methyl/N-ethyl adjacent to an activating group) is 1. The number of nitrogens with zero attached hydrogens (tertiary/aromatic N) is 2. The van der Waals surface area contributed by atoms with E-state index in [9.17, 15) is 23.2 Å². The fourth-order valence-corrected chi connectivity index (χ4v) is 2.34. The van der Waals surface area contributed by atoms with Gasteiger partial charge in [-0.25, -0.2) is 4.79 Å². The molecular weight excluding hydrogens is 316 g/mol. The molecule has 0 aliphatic carbocycles. The number of benzene rings is 1. The van der Waals surface area contributed by atoms with Gasteiger partial charge in [-0.1, -0.05) is 0 Å². The Bertz CT molecular complexity index is 724. The van der Waals surface area contributed by atoms with Crippen molar-refractivity contribution in [2.24, 2.45) is 5.73 Å². The standard InChI is InChI=1S/C13H11F2N3O5/c1-17-7-3-2-6(4-8(7)23-13(14,15)11(17)20)18-5-9(10(16)19)22-12(18)21/h2-4,9H,5H2,1H3,(H2,16,19). The van der Waals surface area contributed by atoms with Gasteiger partial charge in [-0.3, -0.25) is 14.5 Å². The van der Waals surface area contributed by atoms with Crippen molar-refractivity contribution >= 4 is 29.3 Å². The molecule has 8 nitrogen and oxygen atoms in total. The Labute approximate surface area is 128 Å². The largest absolute Gasteiger partial charge is 0.482 e. The van der Waals surface area contributed by atoms with Gasteiger partial charge >= 0.3 is 18.1 Å². The summed E-state index contributed by atoms with van der Waals surface area (Å²) in [5, 5.41) is 0. The second-order valence-corrected chi connectivity index (χ2v) is 5.02. The van der Waals surface area contributed by atoms with E-state index in [1.807, 2.05) is 0 Å². The molecule has 10 heteroatoms. The van der Waals surface area contributed by atoms with E-state index < -0.39 is 30.1 Å². The topological polar surface area (TPSA) is 102 Å². The van der Waals surface area contributed by atoms with E-state index in [0.29, 0.717) is 0 Å². The van der Waals surface area contributed by atoms with Gasteiger partial charge in [-0.2, -0.15) is 8.78 Å². The number of anilines is 2. The molecule has 0 radical (unpaired) electrons. The fourth-order valence-electron chi connectivity index (χ4n) is 2.34. The second kappa shape index (κ2) is 4.80. The average Bonchev–Trinajstić information content (AvgIpc) is 2.86. The highest BCUT2D eigenvalue weighted by Crippen LogP contribution is 2.41. The highest BCUT2D eigenvalue weighted by atomic mass is 19.3. The van der Waals surface area contributed by atoms with Crippen molar-refractivity contribution in [3.63, 3.8) is 0 Å². The summed E-state index contributed by atoms with van der Waals surface area (Å²) >= 11 is 0. The lowest BCUT2D eigenvalue weighted by Gasteiger charge is -2.31. The molecule has 3 amide bonds. The number of halogens is 2. The molecule has 122 valence electrons. The zero-order valence-corrected chi connectivity index (χ0v) is 11.8. The number of ether oxygens (including phenoxy) is 2. The maximum absolute atomic E-state index is 13.5. The molecule has 0 spiro atoms. The number of hydrogen-bond acceptors (Lipinski definition) is 5. The lowest BCUT2D eigenvalue weighted by molar-refractivity contribution is -0.192. The van der Waals surface area contributed by atoms with Crippen LogP contribution in [0.15, 0.2) is 18.2 Å². The Morgan fingerprint density at radius 1 is 1.39 bits per heavy atom. The molecule has 1 unspecified atom stereocenters. The number of hydrogen-bond donors (Lipinski definition) is 1. The van der Waals surface area contributed by atoms with Crippen LogP contribution in [0.25, 0.3) is 0 Å². The van der Waals surface area contributed by atoms with Gasteiger partial charge in [-0.15, -0.1) is 0 Å². The van der Waals surface area contributed by atoms with E-state index in [2.05, 4.69) is 4.74 Å². The van der Waals surface area contributed by atoms with Gasteiger partial charge < -0.3 is 20.1 Å². The van der Waals surface area contributed by atoms with Crippen molar-refractivity contribution in [3.8, 4) is 5.75 Å². The number of nitrogens with two attached hydrogens (primary N) is 1. The highest BCUT2D eigenvalue weighted by molar-refractivity contribution is 6.01. The van der Waals surface area contributed by atoms with Crippen molar-refractivity contribution in [1.82, 2.24) is 0 Å². The van der Waals surface area contributed by atoms with Gasteiger partial charge in [0.25, 0.3) is 5.91 Å². The van der Waals surface area contributed by atoms with Gasteiger partial charge in [0.15, 0.2) is 11.9 Å². The first-order valence-electron chi connectivity index (χ1n) is 6.47. The third kappa shape index (κ3) is 2.31. The molecule has 1 aromatic carbocycles. The Hall–Kier alpha value is -2.91. The predicted octanol–water partition coefficient (Wildman–Crippen LogP) is 0.445. The number of carbonyl (C=O) groups is 3. The number of amides is 3. The SMILES string of the molecule is CN1C(=O)C(F)(F)Oc2cc(N3CC(C(N)=O)OC3=O)ccc21. The lowest BCUT2D eigenvalue weighted by Crippen LogP contribution is -2.49. The minimum absolute atomic E-state index is 0.128. The van der Waals surface area contributed by atoms with Crippen LogP contribution < -0.4 is 20.3 Å². The zero-order valence-electron chi connectivity index (χ0n) is 11.8. The summed E-state index contributed by atoms with van der Waals surface area (Å²) < 4.78 is 36.2. The molecule has 1 fully saturated rings. The first-order valence-corrected chi connectivity index (χ1v) is 6.47. The van der Waals surface area contributed by atoms with Crippen molar-refractivity contribution in [1.29, 1.82) is 0 Å². The number of rotatable bonds is 2. The van der Waals surface area contributed by atoms with Crippen LogP contribution in [0, 0.1) is 0 Å². The third-order valence-corrected chi connectivity index (χ3v) is 3.54.